The van der Waals surface area contributed by atoms with E-state index in [2.05, 4.69) is 15.2 Å². The second-order valence-corrected chi connectivity index (χ2v) is 6.37. The number of carbonyl (C=O) groups is 1. The molecule has 1 fully saturated rings. The van der Waals surface area contributed by atoms with Gasteiger partial charge >= 0.3 is 0 Å². The quantitative estimate of drug-likeness (QED) is 0.904. The molecule has 0 saturated carbocycles. The minimum absolute atomic E-state index is 0.0898. The third-order valence-corrected chi connectivity index (χ3v) is 4.48. The SMILES string of the molecule is CC(=O)NCc1cc([C@H]2CCCN2Cc2ccc(F)c(F)c2)ccn1. The van der Waals surface area contributed by atoms with Gasteiger partial charge in [-0.3, -0.25) is 14.7 Å². The van der Waals surface area contributed by atoms with Crippen LogP contribution in [0.3, 0.4) is 0 Å². The van der Waals surface area contributed by atoms with Crippen molar-refractivity contribution in [3.63, 3.8) is 0 Å². The number of halogens is 2. The Bertz CT molecular complexity index is 766. The predicted molar refractivity (Wildman–Crippen MR) is 90.5 cm³/mol. The maximum absolute atomic E-state index is 13.4. The first-order chi connectivity index (χ1) is 12.0. The summed E-state index contributed by atoms with van der Waals surface area (Å²) in [6.07, 6.45) is 3.81. The molecule has 25 heavy (non-hydrogen) atoms. The molecular weight excluding hydrogens is 324 g/mol. The Labute approximate surface area is 145 Å². The molecule has 1 atom stereocenters. The molecule has 4 nitrogen and oxygen atoms in total. The van der Waals surface area contributed by atoms with Crippen LogP contribution in [0.2, 0.25) is 0 Å². The lowest BCUT2D eigenvalue weighted by Crippen LogP contribution is -2.23. The molecule has 1 amide bonds. The molecule has 1 aromatic carbocycles. The number of pyridine rings is 1. The van der Waals surface area contributed by atoms with E-state index in [9.17, 15) is 13.6 Å². The smallest absolute Gasteiger partial charge is 0.217 e. The van der Waals surface area contributed by atoms with Crippen molar-refractivity contribution in [3.05, 3.63) is 65.0 Å². The summed E-state index contributed by atoms with van der Waals surface area (Å²) in [6.45, 7) is 3.36. The molecule has 1 saturated heterocycles. The van der Waals surface area contributed by atoms with Crippen LogP contribution in [0.4, 0.5) is 8.78 Å². The summed E-state index contributed by atoms with van der Waals surface area (Å²) in [5.41, 5.74) is 2.71. The summed E-state index contributed by atoms with van der Waals surface area (Å²) >= 11 is 0. The summed E-state index contributed by atoms with van der Waals surface area (Å²) in [6, 6.07) is 8.26. The number of aromatic nitrogens is 1. The van der Waals surface area contributed by atoms with Gasteiger partial charge in [-0.05, 0) is 54.8 Å². The molecule has 132 valence electrons. The van der Waals surface area contributed by atoms with Crippen molar-refractivity contribution in [2.75, 3.05) is 6.54 Å². The van der Waals surface area contributed by atoms with Crippen LogP contribution in [0.15, 0.2) is 36.5 Å². The fourth-order valence-electron chi connectivity index (χ4n) is 3.28. The first kappa shape index (κ1) is 17.5. The predicted octanol–water partition coefficient (Wildman–Crippen LogP) is 3.33. The van der Waals surface area contributed by atoms with Gasteiger partial charge in [0.05, 0.1) is 12.2 Å². The van der Waals surface area contributed by atoms with Gasteiger partial charge in [-0.25, -0.2) is 8.78 Å². The van der Waals surface area contributed by atoms with Gasteiger partial charge in [0, 0.05) is 25.7 Å². The van der Waals surface area contributed by atoms with Crippen molar-refractivity contribution in [1.82, 2.24) is 15.2 Å². The number of hydrogen-bond donors (Lipinski definition) is 1. The maximum atomic E-state index is 13.4. The largest absolute Gasteiger partial charge is 0.351 e. The zero-order valence-corrected chi connectivity index (χ0v) is 14.1. The van der Waals surface area contributed by atoms with Crippen LogP contribution in [0, 0.1) is 11.6 Å². The number of nitrogens with one attached hydrogen (secondary N) is 1. The Morgan fingerprint density at radius 1 is 1.28 bits per heavy atom. The lowest BCUT2D eigenvalue weighted by molar-refractivity contribution is -0.119. The normalized spacial score (nSPS) is 17.6. The highest BCUT2D eigenvalue weighted by molar-refractivity contribution is 5.72. The topological polar surface area (TPSA) is 45.2 Å². The molecule has 1 N–H and O–H groups in total. The summed E-state index contributed by atoms with van der Waals surface area (Å²) in [7, 11) is 0. The van der Waals surface area contributed by atoms with Crippen LogP contribution in [-0.4, -0.2) is 22.3 Å². The van der Waals surface area contributed by atoms with Crippen LogP contribution >= 0.6 is 0 Å². The van der Waals surface area contributed by atoms with E-state index >= 15 is 0 Å². The lowest BCUT2D eigenvalue weighted by atomic mass is 10.0. The monoisotopic (exact) mass is 345 g/mol. The van der Waals surface area contributed by atoms with Crippen LogP contribution < -0.4 is 5.32 Å². The highest BCUT2D eigenvalue weighted by Crippen LogP contribution is 2.33. The number of benzene rings is 1. The maximum Gasteiger partial charge on any atom is 0.217 e. The van der Waals surface area contributed by atoms with Gasteiger partial charge in [0.25, 0.3) is 0 Å². The second-order valence-electron chi connectivity index (χ2n) is 6.37. The molecule has 2 aromatic rings. The van der Waals surface area contributed by atoms with Gasteiger partial charge in [0.2, 0.25) is 5.91 Å². The van der Waals surface area contributed by atoms with Crippen LogP contribution in [0.1, 0.15) is 42.6 Å². The summed E-state index contributed by atoms with van der Waals surface area (Å²) < 4.78 is 26.5. The molecule has 1 aliphatic heterocycles. The molecule has 0 unspecified atom stereocenters. The van der Waals surface area contributed by atoms with Gasteiger partial charge < -0.3 is 5.32 Å². The molecule has 0 spiro atoms. The van der Waals surface area contributed by atoms with Crippen LogP contribution in [0.25, 0.3) is 0 Å². The van der Waals surface area contributed by atoms with E-state index in [1.807, 2.05) is 12.1 Å². The van der Waals surface area contributed by atoms with E-state index in [1.165, 1.54) is 19.1 Å². The number of nitrogens with zero attached hydrogens (tertiary/aromatic N) is 2. The van der Waals surface area contributed by atoms with Crippen LogP contribution in [-0.2, 0) is 17.9 Å². The number of amides is 1. The summed E-state index contributed by atoms with van der Waals surface area (Å²) in [5.74, 6) is -1.72. The molecule has 6 heteroatoms. The number of carbonyl (C=O) groups excluding carboxylic acids is 1. The molecule has 2 heterocycles. The minimum Gasteiger partial charge on any atom is -0.351 e. The van der Waals surface area contributed by atoms with Crippen molar-refractivity contribution in [2.45, 2.75) is 38.9 Å². The Morgan fingerprint density at radius 2 is 2.12 bits per heavy atom. The van der Waals surface area contributed by atoms with Gasteiger partial charge in [0.15, 0.2) is 11.6 Å². The number of rotatable bonds is 5. The molecule has 1 aromatic heterocycles. The van der Waals surface area contributed by atoms with Gasteiger partial charge in [-0.1, -0.05) is 6.07 Å². The average molecular weight is 345 g/mol. The Kier molecular flexibility index (Phi) is 5.38. The highest BCUT2D eigenvalue weighted by Gasteiger charge is 2.26. The molecule has 3 rings (SSSR count). The van der Waals surface area contributed by atoms with Gasteiger partial charge in [-0.2, -0.15) is 0 Å². The first-order valence-corrected chi connectivity index (χ1v) is 8.40. The Balaban J connectivity index is 1.73. The molecular formula is C19H21F2N3O. The zero-order chi connectivity index (χ0) is 17.8. The van der Waals surface area contributed by atoms with Crippen LogP contribution in [0.5, 0.6) is 0 Å². The molecule has 0 radical (unpaired) electrons. The van der Waals surface area contributed by atoms with Gasteiger partial charge in [0.1, 0.15) is 0 Å². The fourth-order valence-corrected chi connectivity index (χ4v) is 3.28. The second kappa shape index (κ2) is 7.70. The summed E-state index contributed by atoms with van der Waals surface area (Å²) in [4.78, 5) is 17.6. The highest BCUT2D eigenvalue weighted by atomic mass is 19.2. The third kappa shape index (κ3) is 4.39. The lowest BCUT2D eigenvalue weighted by Gasteiger charge is -2.25. The van der Waals surface area contributed by atoms with E-state index < -0.39 is 11.6 Å². The van der Waals surface area contributed by atoms with E-state index in [-0.39, 0.29) is 11.9 Å². The fraction of sp³-hybridized carbons (Fsp3) is 0.368. The zero-order valence-electron chi connectivity index (χ0n) is 14.1. The standard InChI is InChI=1S/C19H21F2N3O/c1-13(25)23-11-16-10-15(6-7-22-16)19-3-2-8-24(19)12-14-4-5-17(20)18(21)9-14/h4-7,9-10,19H,2-3,8,11-12H2,1H3,(H,23,25)/t19-/m1/s1. The van der Waals surface area contributed by atoms with E-state index in [0.717, 1.165) is 36.2 Å². The van der Waals surface area contributed by atoms with Crippen molar-refractivity contribution in [1.29, 1.82) is 0 Å². The first-order valence-electron chi connectivity index (χ1n) is 8.40. The van der Waals surface area contributed by atoms with E-state index in [1.54, 1.807) is 12.3 Å². The van der Waals surface area contributed by atoms with E-state index in [0.29, 0.717) is 13.1 Å². The average Bonchev–Trinajstić information content (AvgIpc) is 3.05. The molecule has 1 aliphatic rings. The summed E-state index contributed by atoms with van der Waals surface area (Å²) in [5, 5.41) is 2.75. The molecule has 0 bridgehead atoms. The Morgan fingerprint density at radius 3 is 2.88 bits per heavy atom. The third-order valence-electron chi connectivity index (χ3n) is 4.48. The van der Waals surface area contributed by atoms with Crippen molar-refractivity contribution < 1.29 is 13.6 Å². The van der Waals surface area contributed by atoms with Crippen molar-refractivity contribution in [2.24, 2.45) is 0 Å². The number of likely N-dealkylation sites (tertiary alicyclic amines) is 1. The van der Waals surface area contributed by atoms with Crippen molar-refractivity contribution in [3.8, 4) is 0 Å². The van der Waals surface area contributed by atoms with Crippen molar-refractivity contribution >= 4 is 5.91 Å². The van der Waals surface area contributed by atoms with E-state index in [4.69, 9.17) is 0 Å². The molecule has 0 aliphatic carbocycles. The number of hydrogen-bond acceptors (Lipinski definition) is 3. The minimum atomic E-state index is -0.821. The van der Waals surface area contributed by atoms with Gasteiger partial charge in [-0.15, -0.1) is 0 Å². The Hall–Kier alpha value is -2.34.